The van der Waals surface area contributed by atoms with Gasteiger partial charge in [-0.3, -0.25) is 0 Å². The maximum Gasteiger partial charge on any atom is 0.240 e. The van der Waals surface area contributed by atoms with Crippen molar-refractivity contribution in [1.29, 1.82) is 0 Å². The van der Waals surface area contributed by atoms with Crippen molar-refractivity contribution in [2.24, 2.45) is 5.73 Å². The zero-order valence-corrected chi connectivity index (χ0v) is 13.1. The van der Waals surface area contributed by atoms with E-state index in [1.807, 2.05) is 6.92 Å². The van der Waals surface area contributed by atoms with Crippen LogP contribution in [-0.4, -0.2) is 27.6 Å². The summed E-state index contributed by atoms with van der Waals surface area (Å²) in [7, 11) is -3.43. The van der Waals surface area contributed by atoms with Crippen molar-refractivity contribution >= 4 is 22.4 Å². The Balaban J connectivity index is 0.00000200. The quantitative estimate of drug-likeness (QED) is 0.777. The number of rotatable bonds is 6. The van der Waals surface area contributed by atoms with Crippen LogP contribution in [0, 0.1) is 0 Å². The van der Waals surface area contributed by atoms with E-state index in [2.05, 4.69) is 4.72 Å². The molecule has 0 saturated carbocycles. The molecular weight excluding hydrogens is 300 g/mol. The molecule has 1 atom stereocenters. The highest BCUT2D eigenvalue weighted by Gasteiger charge is 2.22. The molecule has 0 saturated heterocycles. The molecule has 0 spiro atoms. The van der Waals surface area contributed by atoms with E-state index >= 15 is 0 Å². The summed E-state index contributed by atoms with van der Waals surface area (Å²) >= 11 is 0. The fourth-order valence-electron chi connectivity index (χ4n) is 2.12. The Kier molecular flexibility index (Phi) is 6.26. The average molecular weight is 321 g/mol. The number of hydrogen-bond acceptors (Lipinski definition) is 4. The van der Waals surface area contributed by atoms with Gasteiger partial charge in [-0.2, -0.15) is 0 Å². The third-order valence-electron chi connectivity index (χ3n) is 3.10. The van der Waals surface area contributed by atoms with E-state index in [9.17, 15) is 8.42 Å². The smallest absolute Gasteiger partial charge is 0.240 e. The van der Waals surface area contributed by atoms with Crippen molar-refractivity contribution in [2.45, 2.75) is 37.2 Å². The van der Waals surface area contributed by atoms with E-state index in [4.69, 9.17) is 10.5 Å². The van der Waals surface area contributed by atoms with Crippen molar-refractivity contribution in [2.75, 3.05) is 13.1 Å². The van der Waals surface area contributed by atoms with E-state index in [-0.39, 0.29) is 18.5 Å². The number of halogens is 1. The van der Waals surface area contributed by atoms with Crippen LogP contribution in [-0.2, 0) is 16.4 Å². The van der Waals surface area contributed by atoms with Crippen LogP contribution >= 0.6 is 12.4 Å². The number of benzene rings is 1. The minimum absolute atomic E-state index is 0. The molecule has 0 radical (unpaired) electrons. The van der Waals surface area contributed by atoms with E-state index in [1.165, 1.54) is 0 Å². The minimum Gasteiger partial charge on any atom is -0.490 e. The topological polar surface area (TPSA) is 81.4 Å². The maximum absolute atomic E-state index is 12.1. The van der Waals surface area contributed by atoms with Crippen molar-refractivity contribution in [3.63, 3.8) is 0 Å². The lowest BCUT2D eigenvalue weighted by atomic mass is 10.1. The molecule has 5 nitrogen and oxygen atoms in total. The lowest BCUT2D eigenvalue weighted by Crippen LogP contribution is -2.25. The molecule has 20 heavy (non-hydrogen) atoms. The van der Waals surface area contributed by atoms with Crippen LogP contribution in [0.4, 0.5) is 0 Å². The molecule has 0 bridgehead atoms. The van der Waals surface area contributed by atoms with Crippen LogP contribution in [0.2, 0.25) is 0 Å². The number of fused-ring (bicyclic) bond motifs is 1. The lowest BCUT2D eigenvalue weighted by molar-refractivity contribution is 0.254. The molecule has 2 rings (SSSR count). The first-order chi connectivity index (χ1) is 9.03. The third-order valence-corrected chi connectivity index (χ3v) is 4.56. The summed E-state index contributed by atoms with van der Waals surface area (Å²) in [6, 6.07) is 5.01. The molecule has 114 valence electrons. The number of unbranched alkanes of at least 4 members (excludes halogenated alkanes) is 1. The highest BCUT2D eigenvalue weighted by Crippen LogP contribution is 2.30. The zero-order valence-electron chi connectivity index (χ0n) is 11.5. The van der Waals surface area contributed by atoms with Gasteiger partial charge in [-0.25, -0.2) is 13.1 Å². The summed E-state index contributed by atoms with van der Waals surface area (Å²) in [4.78, 5) is 0.302. The van der Waals surface area contributed by atoms with Crippen LogP contribution < -0.4 is 15.2 Å². The van der Waals surface area contributed by atoms with Gasteiger partial charge in [0.2, 0.25) is 10.0 Å². The highest BCUT2D eigenvalue weighted by molar-refractivity contribution is 7.89. The first-order valence-corrected chi connectivity index (χ1v) is 8.00. The molecule has 7 heteroatoms. The zero-order chi connectivity index (χ0) is 13.9. The van der Waals surface area contributed by atoms with Crippen LogP contribution in [0.25, 0.3) is 0 Å². The molecule has 0 amide bonds. The van der Waals surface area contributed by atoms with E-state index in [1.54, 1.807) is 18.2 Å². The fraction of sp³-hybridized carbons (Fsp3) is 0.538. The van der Waals surface area contributed by atoms with Gasteiger partial charge in [0, 0.05) is 13.0 Å². The van der Waals surface area contributed by atoms with Gasteiger partial charge in [-0.1, -0.05) is 0 Å². The molecule has 1 aliphatic rings. The standard InChI is InChI=1S/C13H20N2O3S.ClH/c1-10-8-11-9-12(4-5-13(11)18-10)19(16,17)15-7-3-2-6-14;/h4-5,9-10,15H,2-3,6-8,14H2,1H3;1H. The van der Waals surface area contributed by atoms with Crippen LogP contribution in [0.15, 0.2) is 23.1 Å². The van der Waals surface area contributed by atoms with Gasteiger partial charge in [0.15, 0.2) is 0 Å². The van der Waals surface area contributed by atoms with E-state index in [0.717, 1.165) is 30.6 Å². The van der Waals surface area contributed by atoms with Crippen molar-refractivity contribution in [1.82, 2.24) is 4.72 Å². The molecule has 1 aromatic rings. The van der Waals surface area contributed by atoms with Gasteiger partial charge < -0.3 is 10.5 Å². The summed E-state index contributed by atoms with van der Waals surface area (Å²) in [6.45, 7) is 2.97. The summed E-state index contributed by atoms with van der Waals surface area (Å²) < 4.78 is 32.3. The molecule has 1 heterocycles. The van der Waals surface area contributed by atoms with Gasteiger partial charge in [0.1, 0.15) is 11.9 Å². The molecule has 0 fully saturated rings. The van der Waals surface area contributed by atoms with Gasteiger partial charge in [0.25, 0.3) is 0 Å². The monoisotopic (exact) mass is 320 g/mol. The van der Waals surface area contributed by atoms with Gasteiger partial charge in [0.05, 0.1) is 4.90 Å². The van der Waals surface area contributed by atoms with Gasteiger partial charge in [-0.05, 0) is 50.1 Å². The van der Waals surface area contributed by atoms with Crippen LogP contribution in [0.3, 0.4) is 0 Å². The summed E-state index contributed by atoms with van der Waals surface area (Å²) in [5, 5.41) is 0. The lowest BCUT2D eigenvalue weighted by Gasteiger charge is -2.07. The Morgan fingerprint density at radius 3 is 2.85 bits per heavy atom. The second kappa shape index (κ2) is 7.26. The molecule has 1 unspecified atom stereocenters. The number of hydrogen-bond donors (Lipinski definition) is 2. The second-order valence-electron chi connectivity index (χ2n) is 4.80. The van der Waals surface area contributed by atoms with Crippen molar-refractivity contribution < 1.29 is 13.2 Å². The SMILES string of the molecule is CC1Cc2cc(S(=O)(=O)NCCCCN)ccc2O1.Cl. The van der Waals surface area contributed by atoms with Gasteiger partial charge >= 0.3 is 0 Å². The minimum atomic E-state index is -3.43. The number of nitrogens with two attached hydrogens (primary N) is 1. The second-order valence-corrected chi connectivity index (χ2v) is 6.56. The Hall–Kier alpha value is -0.820. The Morgan fingerprint density at radius 2 is 2.15 bits per heavy atom. The summed E-state index contributed by atoms with van der Waals surface area (Å²) in [6.07, 6.45) is 2.44. The molecule has 1 aromatic carbocycles. The normalized spacial score (nSPS) is 17.2. The Bertz CT molecular complexity index is 549. The third kappa shape index (κ3) is 4.09. The Morgan fingerprint density at radius 1 is 1.40 bits per heavy atom. The van der Waals surface area contributed by atoms with E-state index < -0.39 is 10.0 Å². The molecule has 0 aromatic heterocycles. The van der Waals surface area contributed by atoms with Crippen LogP contribution in [0.1, 0.15) is 25.3 Å². The summed E-state index contributed by atoms with van der Waals surface area (Å²) in [5.74, 6) is 0.787. The van der Waals surface area contributed by atoms with Gasteiger partial charge in [-0.15, -0.1) is 12.4 Å². The molecular formula is C13H21ClN2O3S. The molecule has 0 aliphatic carbocycles. The summed E-state index contributed by atoms with van der Waals surface area (Å²) in [5.41, 5.74) is 6.33. The number of nitrogens with one attached hydrogen (secondary N) is 1. The Labute approximate surface area is 126 Å². The average Bonchev–Trinajstić information content (AvgIpc) is 2.73. The highest BCUT2D eigenvalue weighted by atomic mass is 35.5. The largest absolute Gasteiger partial charge is 0.490 e. The first-order valence-electron chi connectivity index (χ1n) is 6.52. The predicted octanol–water partition coefficient (Wildman–Crippen LogP) is 1.45. The number of ether oxygens (including phenoxy) is 1. The van der Waals surface area contributed by atoms with Crippen molar-refractivity contribution in [3.8, 4) is 5.75 Å². The number of sulfonamides is 1. The predicted molar refractivity (Wildman–Crippen MR) is 81.0 cm³/mol. The first kappa shape index (κ1) is 17.2. The van der Waals surface area contributed by atoms with E-state index in [0.29, 0.717) is 18.0 Å². The molecule has 3 N–H and O–H groups in total. The fourth-order valence-corrected chi connectivity index (χ4v) is 3.25. The maximum atomic E-state index is 12.1. The van der Waals surface area contributed by atoms with Crippen LogP contribution in [0.5, 0.6) is 5.75 Å². The molecule has 1 aliphatic heterocycles. The van der Waals surface area contributed by atoms with Crippen molar-refractivity contribution in [3.05, 3.63) is 23.8 Å².